The third-order valence-corrected chi connectivity index (χ3v) is 5.84. The van der Waals surface area contributed by atoms with Crippen LogP contribution in [0.4, 0.5) is 0 Å². The van der Waals surface area contributed by atoms with Gasteiger partial charge in [0.15, 0.2) is 0 Å². The summed E-state index contributed by atoms with van der Waals surface area (Å²) in [4.78, 5) is 27.7. The lowest BCUT2D eigenvalue weighted by Crippen LogP contribution is -2.27. The average molecular weight is 408 g/mol. The molecule has 0 aliphatic carbocycles. The number of benzene rings is 2. The second-order valence-electron chi connectivity index (χ2n) is 6.38. The number of amides is 1. The Kier molecular flexibility index (Phi) is 5.02. The lowest BCUT2D eigenvalue weighted by molar-refractivity contribution is -0.122. The van der Waals surface area contributed by atoms with E-state index in [1.807, 2.05) is 67.6 Å². The Morgan fingerprint density at radius 2 is 1.68 bits per heavy atom. The molecule has 4 rings (SSSR count). The van der Waals surface area contributed by atoms with E-state index in [9.17, 15) is 9.59 Å². The van der Waals surface area contributed by atoms with E-state index >= 15 is 0 Å². The van der Waals surface area contributed by atoms with Gasteiger partial charge in [-0.15, -0.1) is 0 Å². The zero-order valence-corrected chi connectivity index (χ0v) is 16.7. The molecular formula is C21H17N3O2S2. The first-order chi connectivity index (χ1) is 13.5. The van der Waals surface area contributed by atoms with Crippen molar-refractivity contribution in [1.29, 1.82) is 0 Å². The molecule has 3 aromatic rings. The number of hydrogen-bond donors (Lipinski definition) is 1. The molecule has 2 aromatic carbocycles. The topological polar surface area (TPSA) is 58.1 Å². The fourth-order valence-electron chi connectivity index (χ4n) is 3.02. The first-order valence-corrected chi connectivity index (χ1v) is 9.93. The van der Waals surface area contributed by atoms with Crippen molar-refractivity contribution in [1.82, 2.24) is 14.7 Å². The highest BCUT2D eigenvalue weighted by Gasteiger charge is 2.32. The average Bonchev–Trinajstić information content (AvgIpc) is 3.14. The number of H-pyrrole nitrogens is 1. The third-order valence-electron chi connectivity index (χ3n) is 4.46. The van der Waals surface area contributed by atoms with Gasteiger partial charge >= 0.3 is 0 Å². The zero-order chi connectivity index (χ0) is 19.7. The number of rotatable bonds is 4. The Hall–Kier alpha value is -2.90. The largest absolute Gasteiger partial charge is 0.295 e. The van der Waals surface area contributed by atoms with Gasteiger partial charge in [-0.05, 0) is 30.7 Å². The van der Waals surface area contributed by atoms with Crippen LogP contribution in [-0.4, -0.2) is 24.9 Å². The molecule has 1 aliphatic heterocycles. The normalized spacial score (nSPS) is 15.6. The van der Waals surface area contributed by atoms with Gasteiger partial charge in [0.1, 0.15) is 4.32 Å². The highest BCUT2D eigenvalue weighted by atomic mass is 32.2. The number of nitrogens with one attached hydrogen (secondary N) is 1. The lowest BCUT2D eigenvalue weighted by atomic mass is 10.2. The van der Waals surface area contributed by atoms with Crippen molar-refractivity contribution in [3.8, 4) is 5.69 Å². The second kappa shape index (κ2) is 7.61. The van der Waals surface area contributed by atoms with E-state index in [2.05, 4.69) is 5.10 Å². The van der Waals surface area contributed by atoms with Gasteiger partial charge in [-0.25, -0.2) is 4.68 Å². The quantitative estimate of drug-likeness (QED) is 0.527. The third kappa shape index (κ3) is 3.46. The summed E-state index contributed by atoms with van der Waals surface area (Å²) in [5, 5.41) is 3.07. The summed E-state index contributed by atoms with van der Waals surface area (Å²) in [6.07, 6.45) is 1.64. The second-order valence-corrected chi connectivity index (χ2v) is 8.06. The number of hydrogen-bond acceptors (Lipinski definition) is 4. The molecule has 1 aromatic heterocycles. The number of thiocarbonyl (C=S) groups is 1. The van der Waals surface area contributed by atoms with Crippen molar-refractivity contribution < 1.29 is 4.79 Å². The van der Waals surface area contributed by atoms with Crippen LogP contribution in [-0.2, 0) is 11.3 Å². The molecule has 1 amide bonds. The van der Waals surface area contributed by atoms with Crippen LogP contribution in [0.2, 0.25) is 0 Å². The number of thioether (sulfide) groups is 1. The van der Waals surface area contributed by atoms with E-state index in [0.29, 0.717) is 27.0 Å². The molecule has 0 saturated carbocycles. The van der Waals surface area contributed by atoms with Crippen LogP contribution >= 0.6 is 24.0 Å². The lowest BCUT2D eigenvalue weighted by Gasteiger charge is -2.14. The fourth-order valence-corrected chi connectivity index (χ4v) is 4.26. The van der Waals surface area contributed by atoms with E-state index in [4.69, 9.17) is 12.2 Å². The summed E-state index contributed by atoms with van der Waals surface area (Å²) in [6, 6.07) is 19.0. The standard InChI is InChI=1S/C21H17N3O2S2/c1-14-17(19(25)24(22-14)16-10-6-3-7-11-16)12-18-20(26)23(21(27)28-18)13-15-8-4-2-5-9-15/h2-12,22H,13H2,1H3/b18-12+. The first-order valence-electron chi connectivity index (χ1n) is 8.71. The summed E-state index contributed by atoms with van der Waals surface area (Å²) in [5.74, 6) is -0.176. The molecule has 1 N–H and O–H groups in total. The van der Waals surface area contributed by atoms with E-state index in [1.54, 1.807) is 11.0 Å². The minimum absolute atomic E-state index is 0.176. The highest BCUT2D eigenvalue weighted by Crippen LogP contribution is 2.33. The van der Waals surface area contributed by atoms with E-state index in [-0.39, 0.29) is 11.5 Å². The fraction of sp³-hybridized carbons (Fsp3) is 0.0952. The molecule has 0 unspecified atom stereocenters. The van der Waals surface area contributed by atoms with Gasteiger partial charge in [-0.1, -0.05) is 72.5 Å². The molecule has 1 fully saturated rings. The highest BCUT2D eigenvalue weighted by molar-refractivity contribution is 8.26. The number of aromatic nitrogens is 2. The summed E-state index contributed by atoms with van der Waals surface area (Å²) >= 11 is 6.62. The predicted molar refractivity (Wildman–Crippen MR) is 116 cm³/mol. The predicted octanol–water partition coefficient (Wildman–Crippen LogP) is 3.88. The number of nitrogens with zero attached hydrogens (tertiary/aromatic N) is 2. The molecule has 140 valence electrons. The maximum absolute atomic E-state index is 12.9. The Bertz CT molecular complexity index is 1130. The van der Waals surface area contributed by atoms with Crippen LogP contribution in [0, 0.1) is 6.92 Å². The van der Waals surface area contributed by atoms with Crippen molar-refractivity contribution in [2.24, 2.45) is 0 Å². The van der Waals surface area contributed by atoms with Crippen molar-refractivity contribution in [2.75, 3.05) is 0 Å². The summed E-state index contributed by atoms with van der Waals surface area (Å²) in [6.45, 7) is 2.24. The van der Waals surface area contributed by atoms with Crippen LogP contribution in [0.25, 0.3) is 11.8 Å². The SMILES string of the molecule is Cc1[nH]n(-c2ccccc2)c(=O)c1/C=C1/SC(=S)N(Cc2ccccc2)C1=O. The Balaban J connectivity index is 1.65. The molecule has 28 heavy (non-hydrogen) atoms. The summed E-state index contributed by atoms with van der Waals surface area (Å²) < 4.78 is 1.97. The molecule has 5 nitrogen and oxygen atoms in total. The van der Waals surface area contributed by atoms with Crippen molar-refractivity contribution in [3.05, 3.63) is 92.7 Å². The zero-order valence-electron chi connectivity index (χ0n) is 15.1. The minimum Gasteiger partial charge on any atom is -0.295 e. The van der Waals surface area contributed by atoms with Gasteiger partial charge in [0.25, 0.3) is 11.5 Å². The number of carbonyl (C=O) groups excluding carboxylic acids is 1. The van der Waals surface area contributed by atoms with Gasteiger partial charge in [-0.2, -0.15) is 0 Å². The molecule has 0 radical (unpaired) electrons. The van der Waals surface area contributed by atoms with Crippen LogP contribution in [0.5, 0.6) is 0 Å². The van der Waals surface area contributed by atoms with Gasteiger partial charge in [0.05, 0.1) is 22.7 Å². The summed E-state index contributed by atoms with van der Waals surface area (Å²) in [7, 11) is 0. The van der Waals surface area contributed by atoms with Crippen molar-refractivity contribution in [3.63, 3.8) is 0 Å². The van der Waals surface area contributed by atoms with E-state index in [1.165, 1.54) is 16.4 Å². The van der Waals surface area contributed by atoms with Gasteiger partial charge < -0.3 is 0 Å². The molecule has 1 aliphatic rings. The summed E-state index contributed by atoms with van der Waals surface area (Å²) in [5.41, 5.74) is 2.71. The number of aromatic amines is 1. The van der Waals surface area contributed by atoms with Crippen LogP contribution in [0.1, 0.15) is 16.8 Å². The van der Waals surface area contributed by atoms with E-state index < -0.39 is 0 Å². The van der Waals surface area contributed by atoms with Crippen LogP contribution < -0.4 is 5.56 Å². The molecule has 1 saturated heterocycles. The van der Waals surface area contributed by atoms with Crippen LogP contribution in [0.3, 0.4) is 0 Å². The number of para-hydroxylation sites is 1. The monoisotopic (exact) mass is 407 g/mol. The smallest absolute Gasteiger partial charge is 0.278 e. The molecule has 2 heterocycles. The molecule has 7 heteroatoms. The Labute approximate surface area is 171 Å². The molecule has 0 atom stereocenters. The number of aryl methyl sites for hydroxylation is 1. The molecular weight excluding hydrogens is 390 g/mol. The maximum Gasteiger partial charge on any atom is 0.278 e. The Morgan fingerprint density at radius 1 is 1.04 bits per heavy atom. The maximum atomic E-state index is 12.9. The van der Waals surface area contributed by atoms with Crippen molar-refractivity contribution in [2.45, 2.75) is 13.5 Å². The number of carbonyl (C=O) groups is 1. The Morgan fingerprint density at radius 3 is 2.36 bits per heavy atom. The molecule has 0 bridgehead atoms. The minimum atomic E-state index is -0.197. The van der Waals surface area contributed by atoms with Gasteiger partial charge in [-0.3, -0.25) is 19.6 Å². The van der Waals surface area contributed by atoms with Crippen molar-refractivity contribution >= 4 is 40.3 Å². The molecule has 0 spiro atoms. The van der Waals surface area contributed by atoms with Gasteiger partial charge in [0.2, 0.25) is 0 Å². The van der Waals surface area contributed by atoms with Gasteiger partial charge in [0, 0.05) is 5.69 Å². The first kappa shape index (κ1) is 18.5. The van der Waals surface area contributed by atoms with Crippen LogP contribution in [0.15, 0.2) is 70.4 Å². The van der Waals surface area contributed by atoms with E-state index in [0.717, 1.165) is 11.3 Å².